The summed E-state index contributed by atoms with van der Waals surface area (Å²) in [6.07, 6.45) is 3.00. The number of hydrogen-bond donors (Lipinski definition) is 2. The van der Waals surface area contributed by atoms with Crippen LogP contribution in [0.15, 0.2) is 18.2 Å². The molecule has 0 bridgehead atoms. The molecule has 0 spiro atoms. The molecule has 1 aromatic carbocycles. The van der Waals surface area contributed by atoms with Crippen molar-refractivity contribution in [2.75, 3.05) is 13.2 Å². The van der Waals surface area contributed by atoms with E-state index in [1.54, 1.807) is 0 Å². The summed E-state index contributed by atoms with van der Waals surface area (Å²) in [6.45, 7) is 11.4. The van der Waals surface area contributed by atoms with Gasteiger partial charge in [-0.2, -0.15) is 0 Å². The fraction of sp³-hybridized carbons (Fsp3) is 0.667. The minimum absolute atomic E-state index is 0.170. The Labute approximate surface area is 129 Å². The maximum atomic E-state index is 9.53. The van der Waals surface area contributed by atoms with Gasteiger partial charge >= 0.3 is 0 Å². The van der Waals surface area contributed by atoms with Crippen LogP contribution < -0.4 is 10.1 Å². The Hall–Kier alpha value is -1.06. The Morgan fingerprint density at radius 3 is 2.48 bits per heavy atom. The van der Waals surface area contributed by atoms with Crippen molar-refractivity contribution in [3.63, 3.8) is 0 Å². The molecule has 0 saturated carbocycles. The molecule has 1 unspecified atom stereocenters. The van der Waals surface area contributed by atoms with E-state index in [-0.39, 0.29) is 12.1 Å². The van der Waals surface area contributed by atoms with Crippen LogP contribution in [0.3, 0.4) is 0 Å². The second-order valence-electron chi connectivity index (χ2n) is 6.57. The maximum Gasteiger partial charge on any atom is 0.119 e. The van der Waals surface area contributed by atoms with Gasteiger partial charge in [0.2, 0.25) is 0 Å². The number of nitrogens with one attached hydrogen (secondary N) is 1. The molecule has 3 nitrogen and oxygen atoms in total. The lowest BCUT2D eigenvalue weighted by Gasteiger charge is -2.31. The van der Waals surface area contributed by atoms with E-state index < -0.39 is 0 Å². The smallest absolute Gasteiger partial charge is 0.119 e. The van der Waals surface area contributed by atoms with Crippen molar-refractivity contribution in [3.05, 3.63) is 29.3 Å². The molecule has 0 heterocycles. The van der Waals surface area contributed by atoms with Gasteiger partial charge in [0.1, 0.15) is 5.75 Å². The van der Waals surface area contributed by atoms with Crippen molar-refractivity contribution in [3.8, 4) is 5.75 Å². The van der Waals surface area contributed by atoms with Gasteiger partial charge in [0.05, 0.1) is 13.2 Å². The first-order chi connectivity index (χ1) is 9.86. The van der Waals surface area contributed by atoms with E-state index in [2.05, 4.69) is 52.1 Å². The molecule has 1 aromatic rings. The van der Waals surface area contributed by atoms with Crippen molar-refractivity contribution < 1.29 is 9.84 Å². The number of aliphatic hydroxyl groups excluding tert-OH is 1. The van der Waals surface area contributed by atoms with Crippen LogP contribution in [0.5, 0.6) is 5.75 Å². The van der Waals surface area contributed by atoms with Crippen LogP contribution in [-0.2, 0) is 0 Å². The summed E-state index contributed by atoms with van der Waals surface area (Å²) >= 11 is 0. The second-order valence-corrected chi connectivity index (χ2v) is 6.57. The molecule has 0 aromatic heterocycles. The lowest BCUT2D eigenvalue weighted by atomic mass is 9.95. The highest BCUT2D eigenvalue weighted by Gasteiger charge is 2.22. The topological polar surface area (TPSA) is 41.5 Å². The van der Waals surface area contributed by atoms with Crippen molar-refractivity contribution in [1.29, 1.82) is 0 Å². The van der Waals surface area contributed by atoms with Gasteiger partial charge < -0.3 is 15.2 Å². The van der Waals surface area contributed by atoms with Crippen LogP contribution in [0.25, 0.3) is 0 Å². The molecule has 1 rings (SSSR count). The summed E-state index contributed by atoms with van der Waals surface area (Å²) in [4.78, 5) is 0. The van der Waals surface area contributed by atoms with Crippen LogP contribution in [-0.4, -0.2) is 29.9 Å². The lowest BCUT2D eigenvalue weighted by Crippen LogP contribution is -2.49. The first-order valence-corrected chi connectivity index (χ1v) is 7.95. The first-order valence-electron chi connectivity index (χ1n) is 7.95. The average molecular weight is 293 g/mol. The van der Waals surface area contributed by atoms with E-state index in [4.69, 9.17) is 4.74 Å². The number of ether oxygens (including phenoxy) is 1. The molecular weight excluding hydrogens is 262 g/mol. The van der Waals surface area contributed by atoms with Crippen LogP contribution in [0, 0.1) is 13.8 Å². The quantitative estimate of drug-likeness (QED) is 0.684. The molecule has 3 heteroatoms. The molecule has 0 aliphatic heterocycles. The van der Waals surface area contributed by atoms with Gasteiger partial charge in [-0.3, -0.25) is 0 Å². The number of aliphatic hydroxyl groups is 1. The summed E-state index contributed by atoms with van der Waals surface area (Å²) in [5.74, 6) is 0.948. The zero-order chi connectivity index (χ0) is 15.9. The van der Waals surface area contributed by atoms with Gasteiger partial charge in [-0.05, 0) is 63.3 Å². The Balaban J connectivity index is 2.29. The number of benzene rings is 1. The molecule has 0 amide bonds. The minimum Gasteiger partial charge on any atom is -0.494 e. The molecule has 0 radical (unpaired) electrons. The number of hydrogen-bond acceptors (Lipinski definition) is 3. The molecule has 120 valence electrons. The molecule has 0 aliphatic carbocycles. The Kier molecular flexibility index (Phi) is 7.20. The Bertz CT molecular complexity index is 431. The van der Waals surface area contributed by atoms with E-state index in [9.17, 15) is 5.11 Å². The van der Waals surface area contributed by atoms with E-state index in [1.165, 1.54) is 11.1 Å². The first kappa shape index (κ1) is 18.0. The highest BCUT2D eigenvalue weighted by atomic mass is 16.5. The molecule has 0 aliphatic rings. The Morgan fingerprint density at radius 2 is 1.90 bits per heavy atom. The van der Waals surface area contributed by atoms with Gasteiger partial charge in [0.15, 0.2) is 0 Å². The fourth-order valence-corrected chi connectivity index (χ4v) is 2.50. The van der Waals surface area contributed by atoms with Crippen molar-refractivity contribution in [2.24, 2.45) is 0 Å². The van der Waals surface area contributed by atoms with Gasteiger partial charge in [0.25, 0.3) is 0 Å². The highest BCUT2D eigenvalue weighted by Crippen LogP contribution is 2.18. The minimum atomic E-state index is -0.186. The summed E-state index contributed by atoms with van der Waals surface area (Å²) in [6, 6.07) is 6.60. The molecule has 2 N–H and O–H groups in total. The molecule has 1 atom stereocenters. The molecule has 0 saturated heterocycles. The predicted molar refractivity (Wildman–Crippen MR) is 89.0 cm³/mol. The summed E-state index contributed by atoms with van der Waals surface area (Å²) in [5, 5.41) is 13.0. The standard InChI is InChI=1S/C18H31NO2/c1-14(2)19-18(5,13-20)10-6-7-11-21-17-9-8-15(3)16(4)12-17/h8-9,12,14,19-20H,6-7,10-11,13H2,1-5H3. The van der Waals surface area contributed by atoms with Gasteiger partial charge in [-0.15, -0.1) is 0 Å². The van der Waals surface area contributed by atoms with Crippen LogP contribution in [0.2, 0.25) is 0 Å². The number of rotatable bonds is 9. The highest BCUT2D eigenvalue weighted by molar-refractivity contribution is 5.33. The normalized spacial score (nSPS) is 14.2. The summed E-state index contributed by atoms with van der Waals surface area (Å²) in [5.41, 5.74) is 2.37. The summed E-state index contributed by atoms with van der Waals surface area (Å²) in [7, 11) is 0. The fourth-order valence-electron chi connectivity index (χ4n) is 2.50. The SMILES string of the molecule is Cc1ccc(OCCCCC(C)(CO)NC(C)C)cc1C. The zero-order valence-corrected chi connectivity index (χ0v) is 14.2. The van der Waals surface area contributed by atoms with Crippen molar-refractivity contribution in [1.82, 2.24) is 5.32 Å². The maximum absolute atomic E-state index is 9.53. The van der Waals surface area contributed by atoms with Crippen molar-refractivity contribution in [2.45, 2.75) is 65.5 Å². The lowest BCUT2D eigenvalue weighted by molar-refractivity contribution is 0.152. The molecule has 21 heavy (non-hydrogen) atoms. The van der Waals surface area contributed by atoms with Gasteiger partial charge in [0, 0.05) is 11.6 Å². The van der Waals surface area contributed by atoms with Crippen LogP contribution in [0.1, 0.15) is 51.2 Å². The number of unbranched alkanes of at least 4 members (excludes halogenated alkanes) is 1. The zero-order valence-electron chi connectivity index (χ0n) is 14.2. The monoisotopic (exact) mass is 293 g/mol. The van der Waals surface area contributed by atoms with Crippen LogP contribution in [0.4, 0.5) is 0 Å². The van der Waals surface area contributed by atoms with E-state index in [0.717, 1.165) is 31.6 Å². The van der Waals surface area contributed by atoms with Gasteiger partial charge in [-0.25, -0.2) is 0 Å². The third-order valence-corrected chi connectivity index (χ3v) is 3.86. The third-order valence-electron chi connectivity index (χ3n) is 3.86. The molecular formula is C18H31NO2. The average Bonchev–Trinajstić information content (AvgIpc) is 2.41. The largest absolute Gasteiger partial charge is 0.494 e. The summed E-state index contributed by atoms with van der Waals surface area (Å²) < 4.78 is 5.79. The van der Waals surface area contributed by atoms with E-state index >= 15 is 0 Å². The van der Waals surface area contributed by atoms with Crippen molar-refractivity contribution >= 4 is 0 Å². The Morgan fingerprint density at radius 1 is 1.19 bits per heavy atom. The molecule has 0 fully saturated rings. The van der Waals surface area contributed by atoms with Gasteiger partial charge in [-0.1, -0.05) is 19.9 Å². The van der Waals surface area contributed by atoms with E-state index in [1.807, 2.05) is 6.07 Å². The third kappa shape index (κ3) is 6.49. The van der Waals surface area contributed by atoms with Crippen LogP contribution >= 0.6 is 0 Å². The number of aryl methyl sites for hydroxylation is 2. The van der Waals surface area contributed by atoms with E-state index in [0.29, 0.717) is 6.04 Å². The second kappa shape index (κ2) is 8.40. The predicted octanol–water partition coefficient (Wildman–Crippen LogP) is 3.60.